The summed E-state index contributed by atoms with van der Waals surface area (Å²) in [5, 5.41) is 10.8. The molecule has 1 heterocycles. The highest BCUT2D eigenvalue weighted by molar-refractivity contribution is 9.10. The average molecular weight is 606 g/mol. The Hall–Kier alpha value is -2.12. The summed E-state index contributed by atoms with van der Waals surface area (Å²) in [5.41, 5.74) is 2.88. The lowest BCUT2D eigenvalue weighted by Gasteiger charge is -2.18. The number of phenolic OH excluding ortho intramolecular Hbond substituents is 1. The molecule has 1 aliphatic rings. The molecule has 3 aromatic rings. The second-order valence-electron chi connectivity index (χ2n) is 9.23. The maximum atomic E-state index is 12.5. The van der Waals surface area contributed by atoms with Crippen LogP contribution in [0.3, 0.4) is 0 Å². The average Bonchev–Trinajstić information content (AvgIpc) is 3.02. The summed E-state index contributed by atoms with van der Waals surface area (Å²) in [6, 6.07) is 14.1. The largest absolute Gasteiger partial charge is 1.00 e. The molecule has 1 N–H and O–H groups in total. The maximum Gasteiger partial charge on any atom is 0.310 e. The molecule has 0 aliphatic heterocycles. The molecule has 4 rings (SSSR count). The zero-order valence-electron chi connectivity index (χ0n) is 20.3. The van der Waals surface area contributed by atoms with Crippen molar-refractivity contribution in [1.82, 2.24) is 4.57 Å². The lowest BCUT2D eigenvalue weighted by Crippen LogP contribution is -3.00. The van der Waals surface area contributed by atoms with Gasteiger partial charge in [-0.25, -0.2) is 9.13 Å². The molecule has 0 bridgehead atoms. The molecule has 1 aliphatic carbocycles. The molecule has 0 spiro atoms. The van der Waals surface area contributed by atoms with E-state index in [1.54, 1.807) is 0 Å². The first-order valence-electron chi connectivity index (χ1n) is 12.3. The Kier molecular flexibility index (Phi) is 10.4. The number of aromatic nitrogens is 2. The van der Waals surface area contributed by atoms with Crippen molar-refractivity contribution in [3.05, 3.63) is 81.8 Å². The summed E-state index contributed by atoms with van der Waals surface area (Å²) in [4.78, 5) is 12.5. The van der Waals surface area contributed by atoms with Crippen molar-refractivity contribution in [3.8, 4) is 5.75 Å². The van der Waals surface area contributed by atoms with Gasteiger partial charge in [0.1, 0.15) is 37.8 Å². The quantitative estimate of drug-likeness (QED) is 0.244. The summed E-state index contributed by atoms with van der Waals surface area (Å²) in [6.45, 7) is 3.76. The molecule has 2 aromatic carbocycles. The van der Waals surface area contributed by atoms with E-state index in [2.05, 4.69) is 50.3 Å². The highest BCUT2D eigenvalue weighted by Gasteiger charge is 2.20. The first-order valence-corrected chi connectivity index (χ1v) is 13.1. The van der Waals surface area contributed by atoms with E-state index >= 15 is 0 Å². The number of para-hydroxylation sites is 1. The molecule has 35 heavy (non-hydrogen) atoms. The summed E-state index contributed by atoms with van der Waals surface area (Å²) < 4.78 is 10.9. The number of carbonyl (C=O) groups excluding carboxylic acids is 1. The molecule has 7 heteroatoms. The zero-order chi connectivity index (χ0) is 23.9. The predicted octanol–water partition coefficient (Wildman–Crippen LogP) is 2.83. The van der Waals surface area contributed by atoms with Crippen molar-refractivity contribution >= 4 is 21.9 Å². The lowest BCUT2D eigenvalue weighted by atomic mass is 9.89. The molecule has 1 fully saturated rings. The number of esters is 1. The number of benzene rings is 2. The molecule has 5 nitrogen and oxygen atoms in total. The Balaban J connectivity index is 0.00000342. The van der Waals surface area contributed by atoms with Crippen LogP contribution in [0.2, 0.25) is 0 Å². The van der Waals surface area contributed by atoms with Gasteiger partial charge in [0.05, 0.1) is 6.42 Å². The van der Waals surface area contributed by atoms with Gasteiger partial charge in [-0.1, -0.05) is 71.9 Å². The van der Waals surface area contributed by atoms with Crippen LogP contribution in [0.4, 0.5) is 0 Å². The highest BCUT2D eigenvalue weighted by Crippen LogP contribution is 2.37. The minimum atomic E-state index is -0.305. The third kappa shape index (κ3) is 7.43. The second kappa shape index (κ2) is 13.3. The smallest absolute Gasteiger partial charge is 0.310 e. The van der Waals surface area contributed by atoms with E-state index in [1.807, 2.05) is 36.5 Å². The molecule has 1 saturated carbocycles. The highest BCUT2D eigenvalue weighted by atomic mass is 79.9. The molecule has 0 amide bonds. The van der Waals surface area contributed by atoms with Crippen LogP contribution >= 0.6 is 15.9 Å². The van der Waals surface area contributed by atoms with Gasteiger partial charge in [0, 0.05) is 17.0 Å². The normalized spacial score (nSPS) is 14.2. The van der Waals surface area contributed by atoms with E-state index in [0.717, 1.165) is 35.2 Å². The number of ether oxygens (including phenoxy) is 1. The van der Waals surface area contributed by atoms with E-state index in [9.17, 15) is 9.90 Å². The van der Waals surface area contributed by atoms with Crippen molar-refractivity contribution in [2.24, 2.45) is 0 Å². The summed E-state index contributed by atoms with van der Waals surface area (Å²) >= 11 is 3.47. The van der Waals surface area contributed by atoms with Crippen LogP contribution in [-0.4, -0.2) is 22.2 Å². The van der Waals surface area contributed by atoms with Gasteiger partial charge in [-0.3, -0.25) is 4.79 Å². The summed E-state index contributed by atoms with van der Waals surface area (Å²) in [5.74, 6) is 1.47. The minimum Gasteiger partial charge on any atom is -1.00 e. The van der Waals surface area contributed by atoms with Gasteiger partial charge in [-0.15, -0.1) is 0 Å². The molecular weight excluding hydrogens is 572 g/mol. The Labute approximate surface area is 227 Å². The van der Waals surface area contributed by atoms with Crippen molar-refractivity contribution in [1.29, 1.82) is 0 Å². The van der Waals surface area contributed by atoms with Crippen LogP contribution in [0, 0.1) is 6.92 Å². The van der Waals surface area contributed by atoms with Gasteiger partial charge in [0.25, 0.3) is 5.82 Å². The minimum absolute atomic E-state index is 0. The number of carbonyl (C=O) groups is 1. The molecule has 188 valence electrons. The van der Waals surface area contributed by atoms with E-state index in [0.29, 0.717) is 24.6 Å². The second-order valence-corrected chi connectivity index (χ2v) is 10.1. The first kappa shape index (κ1) is 27.5. The van der Waals surface area contributed by atoms with Crippen LogP contribution < -0.4 is 21.5 Å². The van der Waals surface area contributed by atoms with Crippen molar-refractivity contribution < 1.29 is 36.2 Å². The van der Waals surface area contributed by atoms with E-state index in [4.69, 9.17) is 4.74 Å². The molecule has 0 saturated heterocycles. The van der Waals surface area contributed by atoms with Crippen LogP contribution in [0.1, 0.15) is 67.0 Å². The van der Waals surface area contributed by atoms with Crippen molar-refractivity contribution in [3.63, 3.8) is 0 Å². The first-order chi connectivity index (χ1) is 16.5. The maximum absolute atomic E-state index is 12.5. The van der Waals surface area contributed by atoms with Gasteiger partial charge in [0.15, 0.2) is 0 Å². The number of nitrogens with zero attached hydrogens (tertiary/aromatic N) is 2. The lowest BCUT2D eigenvalue weighted by molar-refractivity contribution is -0.694. The van der Waals surface area contributed by atoms with E-state index in [1.165, 1.54) is 31.2 Å². The van der Waals surface area contributed by atoms with Crippen molar-refractivity contribution in [2.45, 2.75) is 70.9 Å². The SMILES string of the molecule is Cc1n(CCOC(=O)Cc2cccc(C3CCCCCC3)c2O)cc[n+]1Cc1ccc(Br)cc1.[Br-]. The molecule has 0 atom stereocenters. The van der Waals surface area contributed by atoms with Crippen LogP contribution in [0.5, 0.6) is 5.75 Å². The Bertz CT molecular complexity index is 1100. The summed E-state index contributed by atoms with van der Waals surface area (Å²) in [7, 11) is 0. The third-order valence-electron chi connectivity index (χ3n) is 6.90. The number of hydrogen-bond donors (Lipinski definition) is 1. The van der Waals surface area contributed by atoms with Crippen LogP contribution in [-0.2, 0) is 29.0 Å². The van der Waals surface area contributed by atoms with Gasteiger partial charge < -0.3 is 26.8 Å². The Morgan fingerprint density at radius 3 is 2.54 bits per heavy atom. The topological polar surface area (TPSA) is 55.3 Å². The number of hydrogen-bond acceptors (Lipinski definition) is 3. The van der Waals surface area contributed by atoms with Gasteiger partial charge in [-0.2, -0.15) is 0 Å². The van der Waals surface area contributed by atoms with Gasteiger partial charge in [-0.05, 0) is 42.0 Å². The van der Waals surface area contributed by atoms with E-state index < -0.39 is 0 Å². The fourth-order valence-corrected chi connectivity index (χ4v) is 5.13. The zero-order valence-corrected chi connectivity index (χ0v) is 23.4. The fraction of sp³-hybridized carbons (Fsp3) is 0.429. The standard InChI is InChI=1S/C28H33BrN2O3.BrH/c1-21-30(15-16-31(21)20-22-11-13-25(29)14-12-22)17-18-34-27(32)19-24-9-6-10-26(28(24)33)23-7-4-2-3-5-8-23;/h6,9-16,23H,2-5,7-8,17-20H2,1H3;1H. The number of imidazole rings is 1. The molecule has 0 radical (unpaired) electrons. The van der Waals surface area contributed by atoms with Crippen LogP contribution in [0.25, 0.3) is 0 Å². The molecule has 0 unspecified atom stereocenters. The van der Waals surface area contributed by atoms with Crippen LogP contribution in [0.15, 0.2) is 59.3 Å². The monoisotopic (exact) mass is 604 g/mol. The number of aromatic hydroxyl groups is 1. The van der Waals surface area contributed by atoms with E-state index in [-0.39, 0.29) is 35.1 Å². The van der Waals surface area contributed by atoms with Gasteiger partial charge >= 0.3 is 5.97 Å². The number of rotatable bonds is 8. The number of phenols is 1. The predicted molar refractivity (Wildman–Crippen MR) is 136 cm³/mol. The Morgan fingerprint density at radius 1 is 1.11 bits per heavy atom. The number of halogens is 2. The van der Waals surface area contributed by atoms with Gasteiger partial charge in [0.2, 0.25) is 0 Å². The summed E-state index contributed by atoms with van der Waals surface area (Å²) in [6.07, 6.45) is 11.3. The molecular formula is C28H34Br2N2O3. The Morgan fingerprint density at radius 2 is 1.83 bits per heavy atom. The van der Waals surface area contributed by atoms with Crippen molar-refractivity contribution in [2.75, 3.05) is 6.61 Å². The molecule has 1 aromatic heterocycles. The third-order valence-corrected chi connectivity index (χ3v) is 7.43. The fourth-order valence-electron chi connectivity index (χ4n) is 4.87.